The average molecular weight is 225 g/mol. The first kappa shape index (κ1) is 10.5. The molecular weight excluding hydrogens is 212 g/mol. The van der Waals surface area contributed by atoms with Crippen molar-refractivity contribution in [2.75, 3.05) is 5.88 Å². The van der Waals surface area contributed by atoms with Gasteiger partial charge in [-0.2, -0.15) is 0 Å². The van der Waals surface area contributed by atoms with Gasteiger partial charge >= 0.3 is 0 Å². The van der Waals surface area contributed by atoms with Crippen LogP contribution in [-0.2, 0) is 6.42 Å². The van der Waals surface area contributed by atoms with Crippen molar-refractivity contribution in [1.29, 1.82) is 0 Å². The predicted molar refractivity (Wildman–Crippen MR) is 59.9 cm³/mol. The molecule has 3 heteroatoms. The number of benzene rings is 1. The van der Waals surface area contributed by atoms with Crippen LogP contribution in [0.3, 0.4) is 0 Å². The normalized spacial score (nSPS) is 18.4. The topological polar surface area (TPSA) is 26.3 Å². The Morgan fingerprint density at radius 2 is 2.40 bits per heavy atom. The minimum absolute atomic E-state index is 0.104. The number of hydrogen-bond acceptors (Lipinski definition) is 2. The summed E-state index contributed by atoms with van der Waals surface area (Å²) in [6.07, 6.45) is 1.51. The second kappa shape index (κ2) is 4.23. The highest BCUT2D eigenvalue weighted by Gasteiger charge is 2.19. The molecule has 1 heterocycles. The third-order valence-electron chi connectivity index (χ3n) is 2.54. The van der Waals surface area contributed by atoms with E-state index in [1.807, 2.05) is 25.1 Å². The average Bonchev–Trinajstić information content (AvgIpc) is 2.57. The van der Waals surface area contributed by atoms with Crippen molar-refractivity contribution in [2.24, 2.45) is 0 Å². The number of carbonyl (C=O) groups excluding carboxylic acids is 1. The van der Waals surface area contributed by atoms with E-state index in [0.29, 0.717) is 12.3 Å². The van der Waals surface area contributed by atoms with Crippen LogP contribution in [0.1, 0.15) is 29.3 Å². The molecule has 1 aliphatic rings. The fourth-order valence-electron chi connectivity index (χ4n) is 1.83. The van der Waals surface area contributed by atoms with Gasteiger partial charge in [-0.25, -0.2) is 0 Å². The molecule has 2 nitrogen and oxygen atoms in total. The Labute approximate surface area is 94.2 Å². The molecular formula is C12H13ClO2. The van der Waals surface area contributed by atoms with Crippen molar-refractivity contribution in [3.05, 3.63) is 29.3 Å². The van der Waals surface area contributed by atoms with Gasteiger partial charge in [0.2, 0.25) is 0 Å². The van der Waals surface area contributed by atoms with Crippen molar-refractivity contribution in [3.8, 4) is 5.75 Å². The minimum Gasteiger partial charge on any atom is -0.490 e. The molecule has 80 valence electrons. The molecule has 1 aromatic rings. The molecule has 1 atom stereocenters. The van der Waals surface area contributed by atoms with E-state index < -0.39 is 0 Å². The summed E-state index contributed by atoms with van der Waals surface area (Å²) in [5.41, 5.74) is 1.87. The Morgan fingerprint density at radius 1 is 1.60 bits per heavy atom. The van der Waals surface area contributed by atoms with Gasteiger partial charge in [0.05, 0.1) is 0 Å². The molecule has 15 heavy (non-hydrogen) atoms. The zero-order valence-corrected chi connectivity index (χ0v) is 9.38. The Balaban J connectivity index is 2.23. The number of ketones is 1. The molecule has 0 saturated carbocycles. The highest BCUT2D eigenvalue weighted by Crippen LogP contribution is 2.29. The molecule has 0 fully saturated rings. The Kier molecular flexibility index (Phi) is 2.96. The molecule has 0 aromatic heterocycles. The van der Waals surface area contributed by atoms with E-state index in [0.717, 1.165) is 23.3 Å². The first-order valence-corrected chi connectivity index (χ1v) is 5.63. The lowest BCUT2D eigenvalue weighted by Gasteiger charge is -2.03. The van der Waals surface area contributed by atoms with Crippen molar-refractivity contribution >= 4 is 17.4 Å². The second-order valence-electron chi connectivity index (χ2n) is 3.82. The third-order valence-corrected chi connectivity index (χ3v) is 2.73. The maximum Gasteiger partial charge on any atom is 0.164 e. The Bertz CT molecular complexity index is 387. The van der Waals surface area contributed by atoms with Crippen LogP contribution in [0.15, 0.2) is 18.2 Å². The van der Waals surface area contributed by atoms with Crippen molar-refractivity contribution in [3.63, 3.8) is 0 Å². The van der Waals surface area contributed by atoms with Crippen LogP contribution in [0.25, 0.3) is 0 Å². The van der Waals surface area contributed by atoms with Crippen molar-refractivity contribution in [1.82, 2.24) is 0 Å². The van der Waals surface area contributed by atoms with E-state index >= 15 is 0 Å². The van der Waals surface area contributed by atoms with E-state index in [-0.39, 0.29) is 11.9 Å². The zero-order valence-electron chi connectivity index (χ0n) is 8.63. The van der Waals surface area contributed by atoms with E-state index in [9.17, 15) is 4.79 Å². The summed E-state index contributed by atoms with van der Waals surface area (Å²) >= 11 is 5.54. The Hall–Kier alpha value is -1.02. The lowest BCUT2D eigenvalue weighted by molar-refractivity contribution is 0.0989. The van der Waals surface area contributed by atoms with Gasteiger partial charge in [-0.1, -0.05) is 0 Å². The third kappa shape index (κ3) is 2.15. The van der Waals surface area contributed by atoms with Gasteiger partial charge in [-0.3, -0.25) is 4.79 Å². The number of ether oxygens (including phenoxy) is 1. The van der Waals surface area contributed by atoms with Gasteiger partial charge in [0.15, 0.2) is 5.78 Å². The molecule has 1 aliphatic heterocycles. The molecule has 1 aromatic carbocycles. The maximum atomic E-state index is 11.6. The standard InChI is InChI=1S/C12H13ClO2/c1-8-6-10-7-9(11(14)4-5-13)2-3-12(10)15-8/h2-3,7-8H,4-6H2,1H3. The monoisotopic (exact) mass is 224 g/mol. The summed E-state index contributed by atoms with van der Waals surface area (Å²) in [5.74, 6) is 1.39. The van der Waals surface area contributed by atoms with Crippen LogP contribution in [0.4, 0.5) is 0 Å². The number of fused-ring (bicyclic) bond motifs is 1. The largest absolute Gasteiger partial charge is 0.490 e. The molecule has 0 saturated heterocycles. The lowest BCUT2D eigenvalue weighted by Crippen LogP contribution is -2.05. The quantitative estimate of drug-likeness (QED) is 0.583. The van der Waals surface area contributed by atoms with Crippen molar-refractivity contribution in [2.45, 2.75) is 25.9 Å². The van der Waals surface area contributed by atoms with Crippen LogP contribution in [0, 0.1) is 0 Å². The predicted octanol–water partition coefficient (Wildman–Crippen LogP) is 2.82. The van der Waals surface area contributed by atoms with Gasteiger partial charge in [-0.15, -0.1) is 11.6 Å². The molecule has 0 bridgehead atoms. The number of Topliss-reactive ketones (excluding diaryl/α,β-unsaturated/α-hetero) is 1. The van der Waals surface area contributed by atoms with E-state index in [4.69, 9.17) is 16.3 Å². The zero-order chi connectivity index (χ0) is 10.8. The second-order valence-corrected chi connectivity index (χ2v) is 4.20. The van der Waals surface area contributed by atoms with Crippen LogP contribution >= 0.6 is 11.6 Å². The fourth-order valence-corrected chi connectivity index (χ4v) is 2.00. The maximum absolute atomic E-state index is 11.6. The smallest absolute Gasteiger partial charge is 0.164 e. The van der Waals surface area contributed by atoms with Crippen LogP contribution in [-0.4, -0.2) is 17.8 Å². The fraction of sp³-hybridized carbons (Fsp3) is 0.417. The number of hydrogen-bond donors (Lipinski definition) is 0. The Morgan fingerprint density at radius 3 is 3.13 bits per heavy atom. The van der Waals surface area contributed by atoms with Crippen LogP contribution in [0.5, 0.6) is 5.75 Å². The highest BCUT2D eigenvalue weighted by molar-refractivity contribution is 6.19. The molecule has 0 spiro atoms. The summed E-state index contributed by atoms with van der Waals surface area (Å²) in [4.78, 5) is 11.6. The number of rotatable bonds is 3. The van der Waals surface area contributed by atoms with Gasteiger partial charge in [0.25, 0.3) is 0 Å². The highest BCUT2D eigenvalue weighted by atomic mass is 35.5. The summed E-state index contributed by atoms with van der Waals surface area (Å²) in [6.45, 7) is 2.03. The summed E-state index contributed by atoms with van der Waals surface area (Å²) in [6, 6.07) is 5.61. The first-order chi connectivity index (χ1) is 7.20. The van der Waals surface area contributed by atoms with Gasteiger partial charge in [-0.05, 0) is 30.7 Å². The minimum atomic E-state index is 0.104. The molecule has 0 radical (unpaired) electrons. The number of halogens is 1. The molecule has 2 rings (SSSR count). The van der Waals surface area contributed by atoms with Crippen molar-refractivity contribution < 1.29 is 9.53 Å². The number of alkyl halides is 1. The van der Waals surface area contributed by atoms with Gasteiger partial charge in [0.1, 0.15) is 11.9 Å². The van der Waals surface area contributed by atoms with E-state index in [2.05, 4.69) is 0 Å². The van der Waals surface area contributed by atoms with E-state index in [1.54, 1.807) is 0 Å². The summed E-state index contributed by atoms with van der Waals surface area (Å²) < 4.78 is 5.56. The molecule has 0 aliphatic carbocycles. The lowest BCUT2D eigenvalue weighted by atomic mass is 10.0. The van der Waals surface area contributed by atoms with Crippen LogP contribution in [0.2, 0.25) is 0 Å². The van der Waals surface area contributed by atoms with Gasteiger partial charge in [0, 0.05) is 24.3 Å². The molecule has 1 unspecified atom stereocenters. The summed E-state index contributed by atoms with van der Waals surface area (Å²) in [7, 11) is 0. The summed E-state index contributed by atoms with van der Waals surface area (Å²) in [5, 5.41) is 0. The number of carbonyl (C=O) groups is 1. The van der Waals surface area contributed by atoms with E-state index in [1.165, 1.54) is 0 Å². The van der Waals surface area contributed by atoms with Crippen LogP contribution < -0.4 is 4.74 Å². The van der Waals surface area contributed by atoms with Gasteiger partial charge < -0.3 is 4.74 Å². The molecule has 0 amide bonds. The molecule has 0 N–H and O–H groups in total. The SMILES string of the molecule is CC1Cc2cc(C(=O)CCCl)ccc2O1. The first-order valence-electron chi connectivity index (χ1n) is 5.09.